The first kappa shape index (κ1) is 24.9. The SMILES string of the molecule is CCN(CC(=O)Nc1cc(C(C)(C)C)nn1-c1ccccc1)C(=O)c1ccc([N+](=O)[O-])cc1Cl. The van der Waals surface area contributed by atoms with Crippen molar-refractivity contribution in [2.45, 2.75) is 33.1 Å². The maximum Gasteiger partial charge on any atom is 0.270 e. The van der Waals surface area contributed by atoms with Gasteiger partial charge in [0.15, 0.2) is 0 Å². The monoisotopic (exact) mass is 483 g/mol. The third kappa shape index (κ3) is 5.60. The van der Waals surface area contributed by atoms with Gasteiger partial charge in [-0.2, -0.15) is 5.10 Å². The number of nitro benzene ring substituents is 1. The third-order valence-corrected chi connectivity index (χ3v) is 5.46. The Bertz CT molecular complexity index is 1220. The molecule has 178 valence electrons. The second-order valence-corrected chi connectivity index (χ2v) is 9.11. The minimum atomic E-state index is -0.590. The van der Waals surface area contributed by atoms with Crippen LogP contribution in [0.3, 0.4) is 0 Å². The molecule has 10 heteroatoms. The lowest BCUT2D eigenvalue weighted by Gasteiger charge is -2.21. The average Bonchev–Trinajstić information content (AvgIpc) is 3.21. The molecule has 0 aliphatic carbocycles. The van der Waals surface area contributed by atoms with Crippen LogP contribution < -0.4 is 5.32 Å². The number of amides is 2. The zero-order valence-corrected chi connectivity index (χ0v) is 20.2. The second kappa shape index (κ2) is 10.0. The number of aromatic nitrogens is 2. The maximum absolute atomic E-state index is 13.0. The fourth-order valence-electron chi connectivity index (χ4n) is 3.25. The molecule has 1 heterocycles. The van der Waals surface area contributed by atoms with E-state index in [9.17, 15) is 19.7 Å². The number of nitro groups is 1. The van der Waals surface area contributed by atoms with Crippen molar-refractivity contribution in [2.75, 3.05) is 18.4 Å². The van der Waals surface area contributed by atoms with Crippen LogP contribution in [0.25, 0.3) is 5.69 Å². The molecule has 0 unspecified atom stereocenters. The van der Waals surface area contributed by atoms with E-state index in [1.165, 1.54) is 17.0 Å². The highest BCUT2D eigenvalue weighted by Gasteiger charge is 2.24. The normalized spacial score (nSPS) is 11.2. The van der Waals surface area contributed by atoms with Crippen LogP contribution in [-0.4, -0.2) is 44.5 Å². The molecule has 0 fully saturated rings. The number of halogens is 1. The molecule has 3 rings (SSSR count). The van der Waals surface area contributed by atoms with Crippen molar-refractivity contribution < 1.29 is 14.5 Å². The van der Waals surface area contributed by atoms with E-state index in [1.807, 2.05) is 57.2 Å². The molecule has 1 aromatic heterocycles. The molecule has 0 bridgehead atoms. The van der Waals surface area contributed by atoms with E-state index < -0.39 is 16.7 Å². The van der Waals surface area contributed by atoms with Crippen LogP contribution in [0.5, 0.6) is 0 Å². The summed E-state index contributed by atoms with van der Waals surface area (Å²) in [6, 6.07) is 14.9. The summed E-state index contributed by atoms with van der Waals surface area (Å²) in [7, 11) is 0. The molecule has 0 radical (unpaired) electrons. The molecule has 0 saturated heterocycles. The number of nitrogens with one attached hydrogen (secondary N) is 1. The summed E-state index contributed by atoms with van der Waals surface area (Å²) >= 11 is 6.11. The Kier molecular flexibility index (Phi) is 7.36. The predicted octanol–water partition coefficient (Wildman–Crippen LogP) is 4.83. The lowest BCUT2D eigenvalue weighted by atomic mass is 9.92. The van der Waals surface area contributed by atoms with Crippen LogP contribution in [-0.2, 0) is 10.2 Å². The van der Waals surface area contributed by atoms with Gasteiger partial charge < -0.3 is 10.2 Å². The molecule has 0 aliphatic heterocycles. The van der Waals surface area contributed by atoms with Gasteiger partial charge in [0.2, 0.25) is 5.91 Å². The first-order valence-electron chi connectivity index (χ1n) is 10.7. The molecule has 3 aromatic rings. The standard InChI is InChI=1S/C24H26ClN5O4/c1-5-28(23(32)18-12-11-17(30(33)34)13-19(18)25)15-22(31)26-21-14-20(24(2,3)4)27-29(21)16-9-7-6-8-10-16/h6-14H,5,15H2,1-4H3,(H,26,31). The lowest BCUT2D eigenvalue weighted by molar-refractivity contribution is -0.384. The summed E-state index contributed by atoms with van der Waals surface area (Å²) in [6.07, 6.45) is 0. The highest BCUT2D eigenvalue weighted by atomic mass is 35.5. The van der Waals surface area contributed by atoms with E-state index in [4.69, 9.17) is 11.6 Å². The van der Waals surface area contributed by atoms with E-state index in [1.54, 1.807) is 11.6 Å². The zero-order valence-electron chi connectivity index (χ0n) is 19.4. The van der Waals surface area contributed by atoms with Crippen LogP contribution in [0.2, 0.25) is 5.02 Å². The van der Waals surface area contributed by atoms with Crippen molar-refractivity contribution >= 4 is 34.9 Å². The number of anilines is 1. The second-order valence-electron chi connectivity index (χ2n) is 8.70. The van der Waals surface area contributed by atoms with Crippen molar-refractivity contribution in [1.29, 1.82) is 0 Å². The van der Waals surface area contributed by atoms with Gasteiger partial charge in [-0.3, -0.25) is 19.7 Å². The number of non-ortho nitro benzene ring substituents is 1. The summed E-state index contributed by atoms with van der Waals surface area (Å²) in [5, 5.41) is 18.4. The van der Waals surface area contributed by atoms with E-state index in [-0.39, 0.29) is 34.8 Å². The third-order valence-electron chi connectivity index (χ3n) is 5.14. The number of carbonyl (C=O) groups excluding carboxylic acids is 2. The Morgan fingerprint density at radius 3 is 2.38 bits per heavy atom. The molecular formula is C24H26ClN5O4. The lowest BCUT2D eigenvalue weighted by Crippen LogP contribution is -2.38. The molecular weight excluding hydrogens is 458 g/mol. The first-order chi connectivity index (χ1) is 16.0. The number of carbonyl (C=O) groups is 2. The summed E-state index contributed by atoms with van der Waals surface area (Å²) in [5.74, 6) is -0.423. The van der Waals surface area contributed by atoms with Gasteiger partial charge in [-0.15, -0.1) is 0 Å². The Labute approximate surface area is 202 Å². The molecule has 9 nitrogen and oxygen atoms in total. The van der Waals surface area contributed by atoms with E-state index in [2.05, 4.69) is 10.4 Å². The van der Waals surface area contributed by atoms with Crippen LogP contribution in [0, 0.1) is 10.1 Å². The van der Waals surface area contributed by atoms with Gasteiger partial charge in [-0.05, 0) is 25.1 Å². The topological polar surface area (TPSA) is 110 Å². The molecule has 2 aromatic carbocycles. The van der Waals surface area contributed by atoms with Crippen molar-refractivity contribution in [2.24, 2.45) is 0 Å². The quantitative estimate of drug-likeness (QED) is 0.382. The van der Waals surface area contributed by atoms with Gasteiger partial charge in [-0.25, -0.2) is 4.68 Å². The number of nitrogens with zero attached hydrogens (tertiary/aromatic N) is 4. The Balaban J connectivity index is 1.82. The molecule has 2 amide bonds. The molecule has 0 spiro atoms. The molecule has 0 aliphatic rings. The number of rotatable bonds is 7. The van der Waals surface area contributed by atoms with Crippen molar-refractivity contribution in [1.82, 2.24) is 14.7 Å². The molecule has 1 N–H and O–H groups in total. The largest absolute Gasteiger partial charge is 0.330 e. The van der Waals surface area contributed by atoms with Crippen molar-refractivity contribution in [3.8, 4) is 5.69 Å². The van der Waals surface area contributed by atoms with Gasteiger partial charge in [0.05, 0.1) is 26.9 Å². The fraction of sp³-hybridized carbons (Fsp3) is 0.292. The number of para-hydroxylation sites is 1. The summed E-state index contributed by atoms with van der Waals surface area (Å²) < 4.78 is 1.66. The Morgan fingerprint density at radius 1 is 1.15 bits per heavy atom. The van der Waals surface area contributed by atoms with Crippen LogP contribution in [0.1, 0.15) is 43.7 Å². The van der Waals surface area contributed by atoms with Gasteiger partial charge in [-0.1, -0.05) is 50.6 Å². The molecule has 0 atom stereocenters. The number of hydrogen-bond donors (Lipinski definition) is 1. The predicted molar refractivity (Wildman–Crippen MR) is 131 cm³/mol. The molecule has 0 saturated carbocycles. The summed E-state index contributed by atoms with van der Waals surface area (Å²) in [4.78, 5) is 37.5. The van der Waals surface area contributed by atoms with Crippen molar-refractivity contribution in [3.05, 3.63) is 81.0 Å². The fourth-order valence-corrected chi connectivity index (χ4v) is 3.50. The number of likely N-dealkylation sites (N-methyl/N-ethyl adjacent to an activating group) is 1. The maximum atomic E-state index is 13.0. The summed E-state index contributed by atoms with van der Waals surface area (Å²) in [6.45, 7) is 7.83. The first-order valence-corrected chi connectivity index (χ1v) is 11.1. The van der Waals surface area contributed by atoms with E-state index >= 15 is 0 Å². The van der Waals surface area contributed by atoms with Crippen molar-refractivity contribution in [3.63, 3.8) is 0 Å². The Morgan fingerprint density at radius 2 is 1.82 bits per heavy atom. The smallest absolute Gasteiger partial charge is 0.270 e. The number of hydrogen-bond acceptors (Lipinski definition) is 5. The Hall–Kier alpha value is -3.72. The molecule has 34 heavy (non-hydrogen) atoms. The van der Waals surface area contributed by atoms with Gasteiger partial charge in [0.1, 0.15) is 12.4 Å². The zero-order chi connectivity index (χ0) is 25.0. The number of benzene rings is 2. The van der Waals surface area contributed by atoms with Crippen LogP contribution >= 0.6 is 11.6 Å². The van der Waals surface area contributed by atoms with Gasteiger partial charge in [0.25, 0.3) is 11.6 Å². The highest BCUT2D eigenvalue weighted by molar-refractivity contribution is 6.34. The minimum absolute atomic E-state index is 0.0463. The summed E-state index contributed by atoms with van der Waals surface area (Å²) in [5.41, 5.74) is 1.22. The van der Waals surface area contributed by atoms with Crippen LogP contribution in [0.15, 0.2) is 54.6 Å². The van der Waals surface area contributed by atoms with E-state index in [0.29, 0.717) is 5.82 Å². The van der Waals surface area contributed by atoms with Gasteiger partial charge >= 0.3 is 0 Å². The average molecular weight is 484 g/mol. The van der Waals surface area contributed by atoms with Gasteiger partial charge in [0, 0.05) is 30.2 Å². The van der Waals surface area contributed by atoms with Crippen LogP contribution in [0.4, 0.5) is 11.5 Å². The highest BCUT2D eigenvalue weighted by Crippen LogP contribution is 2.27. The van der Waals surface area contributed by atoms with E-state index in [0.717, 1.165) is 17.4 Å². The minimum Gasteiger partial charge on any atom is -0.330 e.